The third-order valence-electron chi connectivity index (χ3n) is 4.76. The summed E-state index contributed by atoms with van der Waals surface area (Å²) >= 11 is 0. The predicted octanol–water partition coefficient (Wildman–Crippen LogP) is 1.37. The number of benzene rings is 1. The second-order valence-corrected chi connectivity index (χ2v) is 8.12. The molecule has 2 aliphatic heterocycles. The van der Waals surface area contributed by atoms with Gasteiger partial charge in [0.15, 0.2) is 0 Å². The largest absolute Gasteiger partial charge is 0.384 e. The van der Waals surface area contributed by atoms with Crippen molar-refractivity contribution in [2.75, 3.05) is 32.0 Å². The molecule has 1 aromatic carbocycles. The number of piperazine rings is 1. The Morgan fingerprint density at radius 2 is 1.86 bits per heavy atom. The van der Waals surface area contributed by atoms with Crippen LogP contribution in [0.3, 0.4) is 0 Å². The van der Waals surface area contributed by atoms with Gasteiger partial charge >= 0.3 is 0 Å². The summed E-state index contributed by atoms with van der Waals surface area (Å²) in [4.78, 5) is 2.63. The molecule has 1 aromatic rings. The molecule has 1 saturated heterocycles. The number of hydrogen-bond donors (Lipinski definition) is 1. The van der Waals surface area contributed by atoms with E-state index in [0.717, 1.165) is 18.7 Å². The lowest BCUT2D eigenvalue weighted by molar-refractivity contribution is 0.105. The molecular weight excluding hydrogens is 286 g/mol. The summed E-state index contributed by atoms with van der Waals surface area (Å²) in [6, 6.07) is 5.93. The molecule has 21 heavy (non-hydrogen) atoms. The molecule has 2 unspecified atom stereocenters. The average Bonchev–Trinajstić information content (AvgIpc) is 2.91. The summed E-state index contributed by atoms with van der Waals surface area (Å²) in [7, 11) is -1.35. The van der Waals surface area contributed by atoms with Crippen LogP contribution in [0, 0.1) is 0 Å². The number of rotatable bonds is 2. The Kier molecular flexibility index (Phi) is 3.71. The zero-order valence-electron chi connectivity index (χ0n) is 12.8. The number of nitrogens with one attached hydrogen (secondary N) is 1. The monoisotopic (exact) mass is 309 g/mol. The van der Waals surface area contributed by atoms with E-state index in [2.05, 4.69) is 31.1 Å². The normalized spacial score (nSPS) is 27.4. The Morgan fingerprint density at radius 1 is 1.19 bits per heavy atom. The van der Waals surface area contributed by atoms with Crippen molar-refractivity contribution in [2.45, 2.75) is 37.2 Å². The smallest absolute Gasteiger partial charge is 0.243 e. The highest BCUT2D eigenvalue weighted by Crippen LogP contribution is 2.28. The first-order valence-corrected chi connectivity index (χ1v) is 8.92. The summed E-state index contributed by atoms with van der Waals surface area (Å²) in [5, 5.41) is 3.25. The summed E-state index contributed by atoms with van der Waals surface area (Å²) in [6.45, 7) is 6.13. The fraction of sp³-hybridized carbons (Fsp3) is 0.600. The first kappa shape index (κ1) is 14.8. The van der Waals surface area contributed by atoms with Crippen molar-refractivity contribution in [2.24, 2.45) is 0 Å². The van der Waals surface area contributed by atoms with Crippen molar-refractivity contribution in [3.8, 4) is 0 Å². The van der Waals surface area contributed by atoms with Crippen LogP contribution >= 0.6 is 0 Å². The Hall–Kier alpha value is -1.11. The van der Waals surface area contributed by atoms with E-state index in [4.69, 9.17) is 0 Å². The Labute approximate surface area is 127 Å². The average molecular weight is 309 g/mol. The van der Waals surface area contributed by atoms with E-state index in [-0.39, 0.29) is 12.1 Å². The van der Waals surface area contributed by atoms with Crippen molar-refractivity contribution < 1.29 is 8.42 Å². The van der Waals surface area contributed by atoms with Gasteiger partial charge in [-0.1, -0.05) is 6.07 Å². The van der Waals surface area contributed by atoms with Crippen molar-refractivity contribution in [1.82, 2.24) is 9.21 Å². The number of hydrogen-bond acceptors (Lipinski definition) is 4. The van der Waals surface area contributed by atoms with Crippen LogP contribution < -0.4 is 5.32 Å². The minimum Gasteiger partial charge on any atom is -0.384 e. The van der Waals surface area contributed by atoms with E-state index in [0.29, 0.717) is 18.0 Å². The van der Waals surface area contributed by atoms with Crippen LogP contribution in [0.2, 0.25) is 0 Å². The highest BCUT2D eigenvalue weighted by Gasteiger charge is 2.34. The molecule has 0 aromatic heterocycles. The van der Waals surface area contributed by atoms with Gasteiger partial charge in [-0.2, -0.15) is 4.31 Å². The van der Waals surface area contributed by atoms with E-state index in [1.54, 1.807) is 16.4 Å². The van der Waals surface area contributed by atoms with E-state index >= 15 is 0 Å². The molecule has 6 heteroatoms. The molecular formula is C15H23N3O2S. The van der Waals surface area contributed by atoms with Crippen LogP contribution in [0.5, 0.6) is 0 Å². The van der Waals surface area contributed by atoms with Crippen molar-refractivity contribution >= 4 is 15.7 Å². The molecule has 5 nitrogen and oxygen atoms in total. The van der Waals surface area contributed by atoms with E-state index < -0.39 is 10.0 Å². The van der Waals surface area contributed by atoms with Crippen molar-refractivity contribution in [1.29, 1.82) is 0 Å². The van der Waals surface area contributed by atoms with Crippen LogP contribution in [-0.4, -0.2) is 56.4 Å². The number of anilines is 1. The summed E-state index contributed by atoms with van der Waals surface area (Å²) in [6.07, 6.45) is 0.970. The van der Waals surface area contributed by atoms with Crippen LogP contribution in [0.25, 0.3) is 0 Å². The molecule has 0 saturated carbocycles. The lowest BCUT2D eigenvalue weighted by Gasteiger charge is -2.41. The van der Waals surface area contributed by atoms with Gasteiger partial charge in [-0.05, 0) is 45.0 Å². The fourth-order valence-electron chi connectivity index (χ4n) is 3.13. The zero-order chi connectivity index (χ0) is 15.2. The van der Waals surface area contributed by atoms with Crippen LogP contribution in [0.1, 0.15) is 19.4 Å². The molecule has 2 heterocycles. The minimum absolute atomic E-state index is 0.232. The van der Waals surface area contributed by atoms with Crippen molar-refractivity contribution in [3.63, 3.8) is 0 Å². The van der Waals surface area contributed by atoms with Crippen LogP contribution in [0.4, 0.5) is 5.69 Å². The summed E-state index contributed by atoms with van der Waals surface area (Å²) in [5.41, 5.74) is 2.17. The molecule has 3 rings (SSSR count). The maximum atomic E-state index is 12.9. The second kappa shape index (κ2) is 5.26. The van der Waals surface area contributed by atoms with Gasteiger partial charge in [0.2, 0.25) is 10.0 Å². The van der Waals surface area contributed by atoms with Gasteiger partial charge in [-0.25, -0.2) is 8.42 Å². The van der Waals surface area contributed by atoms with Gasteiger partial charge in [-0.15, -0.1) is 0 Å². The molecule has 0 radical (unpaired) electrons. The summed E-state index contributed by atoms with van der Waals surface area (Å²) < 4.78 is 27.4. The Balaban J connectivity index is 1.90. The van der Waals surface area contributed by atoms with Gasteiger partial charge < -0.3 is 5.32 Å². The minimum atomic E-state index is -3.41. The quantitative estimate of drug-likeness (QED) is 0.896. The van der Waals surface area contributed by atoms with Crippen LogP contribution in [-0.2, 0) is 16.4 Å². The van der Waals surface area contributed by atoms with Gasteiger partial charge in [0, 0.05) is 37.4 Å². The van der Waals surface area contributed by atoms with E-state index in [9.17, 15) is 8.42 Å². The van der Waals surface area contributed by atoms with E-state index in [1.807, 2.05) is 6.07 Å². The molecule has 0 bridgehead atoms. The molecule has 1 N–H and O–H groups in total. The topological polar surface area (TPSA) is 52.7 Å². The van der Waals surface area contributed by atoms with E-state index in [1.165, 1.54) is 5.56 Å². The third kappa shape index (κ3) is 2.56. The lowest BCUT2D eigenvalue weighted by atomic mass is 10.1. The molecule has 1 fully saturated rings. The lowest BCUT2D eigenvalue weighted by Crippen LogP contribution is -2.56. The number of sulfonamides is 1. The second-order valence-electron chi connectivity index (χ2n) is 6.18. The highest BCUT2D eigenvalue weighted by atomic mass is 32.2. The number of fused-ring (bicyclic) bond motifs is 1. The van der Waals surface area contributed by atoms with Gasteiger partial charge in [0.1, 0.15) is 0 Å². The first-order chi connectivity index (χ1) is 9.89. The molecule has 0 spiro atoms. The molecule has 2 aliphatic rings. The molecule has 2 atom stereocenters. The maximum absolute atomic E-state index is 12.9. The maximum Gasteiger partial charge on any atom is 0.243 e. The molecule has 0 amide bonds. The summed E-state index contributed by atoms with van der Waals surface area (Å²) in [5.74, 6) is 0. The standard InChI is InChI=1S/C15H23N3O2S/c1-11-9-18(10-12(2)17(11)3)21(19,20)14-5-4-13-6-7-16-15(13)8-14/h4-5,8,11-12,16H,6-7,9-10H2,1-3H3. The SMILES string of the molecule is CC1CN(S(=O)(=O)c2ccc3c(c2)NCC3)CC(C)N1C. The van der Waals surface area contributed by atoms with Crippen LogP contribution in [0.15, 0.2) is 23.1 Å². The van der Waals surface area contributed by atoms with Crippen molar-refractivity contribution in [3.05, 3.63) is 23.8 Å². The van der Waals surface area contributed by atoms with Gasteiger partial charge in [0.25, 0.3) is 0 Å². The molecule has 116 valence electrons. The predicted molar refractivity (Wildman–Crippen MR) is 84.1 cm³/mol. The number of likely N-dealkylation sites (N-methyl/N-ethyl adjacent to an activating group) is 1. The first-order valence-electron chi connectivity index (χ1n) is 7.48. The van der Waals surface area contributed by atoms with Gasteiger partial charge in [0.05, 0.1) is 4.90 Å². The number of nitrogens with zero attached hydrogens (tertiary/aromatic N) is 2. The highest BCUT2D eigenvalue weighted by molar-refractivity contribution is 7.89. The Bertz CT molecular complexity index is 632. The van der Waals surface area contributed by atoms with Gasteiger partial charge in [-0.3, -0.25) is 4.90 Å². The fourth-order valence-corrected chi connectivity index (χ4v) is 4.76. The third-order valence-corrected chi connectivity index (χ3v) is 6.58. The Morgan fingerprint density at radius 3 is 2.52 bits per heavy atom. The zero-order valence-corrected chi connectivity index (χ0v) is 13.7. The molecule has 0 aliphatic carbocycles.